The predicted molar refractivity (Wildman–Crippen MR) is 161 cm³/mol. The summed E-state index contributed by atoms with van der Waals surface area (Å²) in [5, 5.41) is 9.44. The van der Waals surface area contributed by atoms with E-state index in [4.69, 9.17) is 4.98 Å². The molecule has 41 heavy (non-hydrogen) atoms. The minimum atomic E-state index is -3.75. The molecule has 0 spiro atoms. The Hall–Kier alpha value is -4.29. The van der Waals surface area contributed by atoms with Crippen LogP contribution in [0.25, 0.3) is 28.0 Å². The van der Waals surface area contributed by atoms with Crippen LogP contribution in [0, 0.1) is 25.2 Å². The highest BCUT2D eigenvalue weighted by atomic mass is 32.2. The van der Waals surface area contributed by atoms with Gasteiger partial charge in [0.25, 0.3) is 0 Å². The smallest absolute Gasteiger partial charge is 0.244 e. The van der Waals surface area contributed by atoms with Gasteiger partial charge in [0, 0.05) is 44.5 Å². The largest absolute Gasteiger partial charge is 0.301 e. The Morgan fingerprint density at radius 3 is 2.34 bits per heavy atom. The lowest BCUT2D eigenvalue weighted by atomic mass is 10.00. The van der Waals surface area contributed by atoms with Crippen LogP contribution >= 0.6 is 0 Å². The van der Waals surface area contributed by atoms with Gasteiger partial charge in [0.2, 0.25) is 10.0 Å². The number of aromatic nitrogens is 2. The quantitative estimate of drug-likeness (QED) is 0.267. The average molecular weight is 562 g/mol. The Kier molecular flexibility index (Phi) is 7.18. The van der Waals surface area contributed by atoms with Crippen LogP contribution in [0.1, 0.15) is 22.4 Å². The first-order chi connectivity index (χ1) is 19.8. The molecule has 3 aromatic carbocycles. The van der Waals surface area contributed by atoms with E-state index in [0.29, 0.717) is 32.7 Å². The second-order valence-electron chi connectivity index (χ2n) is 10.5. The summed E-state index contributed by atoms with van der Waals surface area (Å²) < 4.78 is 30.4. The zero-order chi connectivity index (χ0) is 28.6. The lowest BCUT2D eigenvalue weighted by Gasteiger charge is -2.34. The van der Waals surface area contributed by atoms with Crippen LogP contribution in [0.15, 0.2) is 96.0 Å². The zero-order valence-electron chi connectivity index (χ0n) is 23.2. The van der Waals surface area contributed by atoms with E-state index in [-0.39, 0.29) is 10.5 Å². The molecule has 206 valence electrons. The molecule has 0 unspecified atom stereocenters. The fraction of sp³-hybridized carbons (Fsp3) is 0.212. The molecule has 1 saturated heterocycles. The van der Waals surface area contributed by atoms with Crippen molar-refractivity contribution in [1.82, 2.24) is 18.6 Å². The number of benzene rings is 3. The third kappa shape index (κ3) is 5.16. The van der Waals surface area contributed by atoms with Crippen LogP contribution in [0.3, 0.4) is 0 Å². The summed E-state index contributed by atoms with van der Waals surface area (Å²) >= 11 is 0. The van der Waals surface area contributed by atoms with Gasteiger partial charge in [0.05, 0.1) is 21.8 Å². The van der Waals surface area contributed by atoms with Gasteiger partial charge in [-0.05, 0) is 54.8 Å². The molecule has 0 saturated carbocycles. The Morgan fingerprint density at radius 2 is 1.59 bits per heavy atom. The normalized spacial score (nSPS) is 14.8. The van der Waals surface area contributed by atoms with Crippen molar-refractivity contribution >= 4 is 15.7 Å². The van der Waals surface area contributed by atoms with Crippen molar-refractivity contribution in [2.45, 2.75) is 25.3 Å². The lowest BCUT2D eigenvalue weighted by molar-refractivity contribution is 0.180. The minimum absolute atomic E-state index is 0.0723. The van der Waals surface area contributed by atoms with Crippen molar-refractivity contribution in [3.63, 3.8) is 0 Å². The fourth-order valence-corrected chi connectivity index (χ4v) is 7.10. The molecule has 0 N–H and O–H groups in total. The summed E-state index contributed by atoms with van der Waals surface area (Å²) in [6, 6.07) is 29.3. The number of aryl methyl sites for hydroxylation is 2. The highest BCUT2D eigenvalue weighted by Crippen LogP contribution is 2.30. The summed E-state index contributed by atoms with van der Waals surface area (Å²) in [5.74, 6) is 0. The molecule has 0 atom stereocenters. The van der Waals surface area contributed by atoms with E-state index in [9.17, 15) is 13.7 Å². The maximum absolute atomic E-state index is 13.4. The van der Waals surface area contributed by atoms with Crippen molar-refractivity contribution in [2.24, 2.45) is 0 Å². The number of sulfonamides is 1. The van der Waals surface area contributed by atoms with Crippen molar-refractivity contribution in [1.29, 1.82) is 5.26 Å². The SMILES string of the molecule is Cc1ccc(C)c(-c2ccc3nc(-c4ccccc4)c(CN4CCN(S(=O)(=O)c5ccccc5C#N)CC4)n3c2)c1. The topological polar surface area (TPSA) is 81.7 Å². The monoisotopic (exact) mass is 561 g/mol. The maximum Gasteiger partial charge on any atom is 0.244 e. The third-order valence-corrected chi connectivity index (χ3v) is 9.76. The van der Waals surface area contributed by atoms with E-state index < -0.39 is 10.0 Å². The standard InChI is InChI=1S/C33H31N5O2S/c1-24-12-13-25(2)29(20-24)28-14-15-32-35-33(26-8-4-3-5-9-26)30(38(32)22-28)23-36-16-18-37(19-17-36)41(39,40)31-11-7-6-10-27(31)21-34/h3-15,20,22H,16-19,23H2,1-2H3. The molecular formula is C33H31N5O2S. The number of nitrogens with zero attached hydrogens (tertiary/aromatic N) is 5. The summed E-state index contributed by atoms with van der Waals surface area (Å²) in [5.41, 5.74) is 8.87. The van der Waals surface area contributed by atoms with E-state index >= 15 is 0 Å². The first-order valence-electron chi connectivity index (χ1n) is 13.7. The number of nitriles is 1. The second kappa shape index (κ2) is 10.9. The van der Waals surface area contributed by atoms with Gasteiger partial charge in [-0.2, -0.15) is 9.57 Å². The number of hydrogen-bond acceptors (Lipinski definition) is 5. The zero-order valence-corrected chi connectivity index (χ0v) is 24.0. The molecule has 0 radical (unpaired) electrons. The predicted octanol–water partition coefficient (Wildman–Crippen LogP) is 5.66. The van der Waals surface area contributed by atoms with Crippen LogP contribution in [0.4, 0.5) is 0 Å². The van der Waals surface area contributed by atoms with E-state index in [1.54, 1.807) is 18.2 Å². The van der Waals surface area contributed by atoms with Gasteiger partial charge in [0.15, 0.2) is 0 Å². The van der Waals surface area contributed by atoms with Crippen molar-refractivity contribution in [2.75, 3.05) is 26.2 Å². The van der Waals surface area contributed by atoms with Gasteiger partial charge >= 0.3 is 0 Å². The maximum atomic E-state index is 13.4. The molecule has 1 fully saturated rings. The first-order valence-corrected chi connectivity index (χ1v) is 15.1. The van der Waals surface area contributed by atoms with Crippen LogP contribution in [-0.2, 0) is 16.6 Å². The molecule has 0 bridgehead atoms. The molecule has 7 nitrogen and oxygen atoms in total. The van der Waals surface area contributed by atoms with Crippen LogP contribution in [0.5, 0.6) is 0 Å². The molecule has 0 aliphatic carbocycles. The van der Waals surface area contributed by atoms with Gasteiger partial charge in [0.1, 0.15) is 11.7 Å². The molecular weight excluding hydrogens is 530 g/mol. The van der Waals surface area contributed by atoms with Crippen molar-refractivity contribution in [3.05, 3.63) is 114 Å². The van der Waals surface area contributed by atoms with Crippen molar-refractivity contribution in [3.8, 4) is 28.5 Å². The number of fused-ring (bicyclic) bond motifs is 1. The fourth-order valence-electron chi connectivity index (χ4n) is 5.54. The van der Waals surface area contributed by atoms with Gasteiger partial charge < -0.3 is 4.40 Å². The summed E-state index contributed by atoms with van der Waals surface area (Å²) in [6.07, 6.45) is 2.17. The molecule has 1 aliphatic heterocycles. The van der Waals surface area contributed by atoms with Gasteiger partial charge in [-0.1, -0.05) is 66.2 Å². The first kappa shape index (κ1) is 26.9. The van der Waals surface area contributed by atoms with Crippen LogP contribution in [0.2, 0.25) is 0 Å². The Morgan fingerprint density at radius 1 is 0.854 bits per heavy atom. The molecule has 3 heterocycles. The van der Waals surface area contributed by atoms with E-state index in [0.717, 1.165) is 28.2 Å². The number of imidazole rings is 1. The molecule has 1 aliphatic rings. The third-order valence-electron chi connectivity index (χ3n) is 7.80. The summed E-state index contributed by atoms with van der Waals surface area (Å²) in [6.45, 7) is 6.73. The van der Waals surface area contributed by atoms with Crippen LogP contribution in [-0.4, -0.2) is 53.2 Å². The van der Waals surface area contributed by atoms with Gasteiger partial charge in [-0.15, -0.1) is 0 Å². The van der Waals surface area contributed by atoms with Crippen molar-refractivity contribution < 1.29 is 8.42 Å². The van der Waals surface area contributed by atoms with E-state index in [1.807, 2.05) is 24.3 Å². The van der Waals surface area contributed by atoms with E-state index in [2.05, 4.69) is 71.8 Å². The Balaban J connectivity index is 1.32. The summed E-state index contributed by atoms with van der Waals surface area (Å²) in [4.78, 5) is 7.39. The molecule has 0 amide bonds. The van der Waals surface area contributed by atoms with E-state index in [1.165, 1.54) is 27.1 Å². The number of rotatable bonds is 6. The lowest BCUT2D eigenvalue weighted by Crippen LogP contribution is -2.48. The number of piperazine rings is 1. The highest BCUT2D eigenvalue weighted by molar-refractivity contribution is 7.89. The number of hydrogen-bond donors (Lipinski definition) is 0. The molecule has 2 aromatic heterocycles. The Bertz CT molecular complexity index is 1880. The molecule has 6 rings (SSSR count). The second-order valence-corrected chi connectivity index (χ2v) is 12.4. The van der Waals surface area contributed by atoms with Crippen LogP contribution < -0.4 is 0 Å². The summed E-state index contributed by atoms with van der Waals surface area (Å²) in [7, 11) is -3.75. The average Bonchev–Trinajstić information content (AvgIpc) is 3.36. The van der Waals surface area contributed by atoms with Gasteiger partial charge in [-0.25, -0.2) is 13.4 Å². The number of pyridine rings is 1. The minimum Gasteiger partial charge on any atom is -0.301 e. The Labute approximate surface area is 241 Å². The van der Waals surface area contributed by atoms with Gasteiger partial charge in [-0.3, -0.25) is 4.90 Å². The molecule has 5 aromatic rings. The molecule has 8 heteroatoms. The highest BCUT2D eigenvalue weighted by Gasteiger charge is 2.31.